The molecule has 0 aromatic heterocycles. The molecule has 6 heteroatoms. The van der Waals surface area contributed by atoms with Crippen LogP contribution in [0.5, 0.6) is 0 Å². The van der Waals surface area contributed by atoms with E-state index in [0.717, 1.165) is 24.7 Å². The Bertz CT molecular complexity index is 805. The van der Waals surface area contributed by atoms with Crippen LogP contribution in [0.4, 0.5) is 4.39 Å². The van der Waals surface area contributed by atoms with Crippen molar-refractivity contribution >= 4 is 27.7 Å². The molecule has 4 nitrogen and oxygen atoms in total. The second-order valence-corrected chi connectivity index (χ2v) is 10.4. The molecule has 1 saturated heterocycles. The smallest absolute Gasteiger partial charge is 0.270 e. The van der Waals surface area contributed by atoms with Crippen molar-refractivity contribution in [3.63, 3.8) is 0 Å². The maximum atomic E-state index is 13.8. The molecule has 0 N–H and O–H groups in total. The molecule has 28 heavy (non-hydrogen) atoms. The van der Waals surface area contributed by atoms with E-state index in [1.165, 1.54) is 31.0 Å². The number of hydrogen-bond acceptors (Lipinski definition) is 2. The van der Waals surface area contributed by atoms with Crippen molar-refractivity contribution < 1.29 is 14.0 Å². The lowest BCUT2D eigenvalue weighted by atomic mass is 9.62. The molecule has 4 fully saturated rings. The fraction of sp³-hybridized carbons (Fsp3) is 0.636. The molecule has 2 unspecified atom stereocenters. The minimum absolute atomic E-state index is 0.00223. The first-order valence-corrected chi connectivity index (χ1v) is 11.0. The average Bonchev–Trinajstić information content (AvgIpc) is 2.59. The van der Waals surface area contributed by atoms with Gasteiger partial charge < -0.3 is 0 Å². The van der Waals surface area contributed by atoms with Crippen molar-refractivity contribution in [3.8, 4) is 0 Å². The van der Waals surface area contributed by atoms with Gasteiger partial charge in [-0.1, -0.05) is 13.8 Å². The summed E-state index contributed by atoms with van der Waals surface area (Å²) in [6, 6.07) is 4.10. The van der Waals surface area contributed by atoms with Gasteiger partial charge in [-0.2, -0.15) is 0 Å². The summed E-state index contributed by atoms with van der Waals surface area (Å²) in [5.74, 6) is 1.34. The number of halogens is 2. The van der Waals surface area contributed by atoms with Gasteiger partial charge in [0, 0.05) is 4.47 Å². The second-order valence-electron chi connectivity index (χ2n) is 9.57. The monoisotopic (exact) mass is 450 g/mol. The Hall–Kier alpha value is -1.43. The van der Waals surface area contributed by atoms with E-state index in [9.17, 15) is 14.0 Å². The molecule has 3 saturated carbocycles. The summed E-state index contributed by atoms with van der Waals surface area (Å²) in [6.45, 7) is 7.96. The fourth-order valence-corrected chi connectivity index (χ4v) is 6.13. The highest BCUT2D eigenvalue weighted by atomic mass is 79.9. The van der Waals surface area contributed by atoms with Crippen molar-refractivity contribution in [2.45, 2.75) is 65.0 Å². The standard InChI is InChI=1S/C22H28BrFN2O2/c1-12-7-14-9-15(10-14)8-13(2)19(12)25-21(28)22(3,4)26(25)20(27)17-11-16(24)5-6-18(17)23/h5-6,11-15,19H,7-10H2,1-4H3. The van der Waals surface area contributed by atoms with Crippen LogP contribution in [-0.2, 0) is 4.79 Å². The Morgan fingerprint density at radius 3 is 2.25 bits per heavy atom. The Balaban J connectivity index is 1.68. The van der Waals surface area contributed by atoms with Crippen LogP contribution in [0.25, 0.3) is 0 Å². The van der Waals surface area contributed by atoms with Crippen molar-refractivity contribution in [1.29, 1.82) is 0 Å². The van der Waals surface area contributed by atoms with Crippen molar-refractivity contribution in [3.05, 3.63) is 34.1 Å². The second kappa shape index (κ2) is 6.82. The van der Waals surface area contributed by atoms with E-state index >= 15 is 0 Å². The maximum absolute atomic E-state index is 13.8. The lowest BCUT2D eigenvalue weighted by molar-refractivity contribution is -0.219. The zero-order valence-corrected chi connectivity index (χ0v) is 18.5. The van der Waals surface area contributed by atoms with E-state index in [4.69, 9.17) is 0 Å². The summed E-state index contributed by atoms with van der Waals surface area (Å²) < 4.78 is 14.3. The third-order valence-corrected chi connectivity index (χ3v) is 7.71. The minimum atomic E-state index is -0.923. The molecule has 0 radical (unpaired) electrons. The topological polar surface area (TPSA) is 40.6 Å². The van der Waals surface area contributed by atoms with Crippen LogP contribution >= 0.6 is 15.9 Å². The molecule has 0 spiro atoms. The Morgan fingerprint density at radius 2 is 1.68 bits per heavy atom. The van der Waals surface area contributed by atoms with Crippen LogP contribution in [0.15, 0.2) is 22.7 Å². The van der Waals surface area contributed by atoms with Crippen LogP contribution < -0.4 is 0 Å². The summed E-state index contributed by atoms with van der Waals surface area (Å²) in [5, 5.41) is 3.26. The minimum Gasteiger partial charge on any atom is -0.270 e. The van der Waals surface area contributed by atoms with E-state index in [0.29, 0.717) is 16.3 Å². The van der Waals surface area contributed by atoms with Gasteiger partial charge in [-0.25, -0.2) is 14.4 Å². The lowest BCUT2D eigenvalue weighted by Crippen LogP contribution is -2.79. The van der Waals surface area contributed by atoms with E-state index in [-0.39, 0.29) is 23.4 Å². The molecule has 2 bridgehead atoms. The van der Waals surface area contributed by atoms with Gasteiger partial charge in [-0.05, 0) is 97.3 Å². The molecule has 1 heterocycles. The Kier molecular flexibility index (Phi) is 4.84. The number of hydrogen-bond donors (Lipinski definition) is 0. The van der Waals surface area contributed by atoms with Crippen LogP contribution in [0.1, 0.15) is 63.7 Å². The molecule has 2 atom stereocenters. The third-order valence-electron chi connectivity index (χ3n) is 7.02. The van der Waals surface area contributed by atoms with Crippen LogP contribution in [0.2, 0.25) is 0 Å². The number of rotatable bonds is 2. The maximum Gasteiger partial charge on any atom is 0.274 e. The molecule has 3 aliphatic carbocycles. The van der Waals surface area contributed by atoms with Crippen LogP contribution in [-0.4, -0.2) is 33.4 Å². The number of benzene rings is 1. The van der Waals surface area contributed by atoms with Crippen LogP contribution in [0.3, 0.4) is 0 Å². The number of nitrogens with zero attached hydrogens (tertiary/aromatic N) is 2. The average molecular weight is 451 g/mol. The van der Waals surface area contributed by atoms with Gasteiger partial charge in [0.1, 0.15) is 11.4 Å². The van der Waals surface area contributed by atoms with Crippen molar-refractivity contribution in [2.24, 2.45) is 23.7 Å². The predicted octanol–water partition coefficient (Wildman–Crippen LogP) is 5.03. The van der Waals surface area contributed by atoms with Crippen molar-refractivity contribution in [1.82, 2.24) is 10.0 Å². The van der Waals surface area contributed by atoms with E-state index in [1.54, 1.807) is 23.9 Å². The third kappa shape index (κ3) is 2.99. The van der Waals surface area contributed by atoms with Gasteiger partial charge in [0.15, 0.2) is 0 Å². The molecule has 2 amide bonds. The number of fused-ring (bicyclic) bond motifs is 4. The van der Waals surface area contributed by atoms with Gasteiger partial charge >= 0.3 is 0 Å². The summed E-state index contributed by atoms with van der Waals surface area (Å²) >= 11 is 3.36. The number of carbonyl (C=O) groups excluding carboxylic acids is 2. The summed E-state index contributed by atoms with van der Waals surface area (Å²) in [4.78, 5) is 26.5. The van der Waals surface area contributed by atoms with Gasteiger partial charge in [0.05, 0.1) is 11.6 Å². The highest BCUT2D eigenvalue weighted by Crippen LogP contribution is 2.49. The van der Waals surface area contributed by atoms with Crippen LogP contribution in [0, 0.1) is 29.5 Å². The first-order chi connectivity index (χ1) is 13.1. The van der Waals surface area contributed by atoms with Gasteiger partial charge in [0.2, 0.25) is 0 Å². The first-order valence-electron chi connectivity index (χ1n) is 10.2. The summed E-state index contributed by atoms with van der Waals surface area (Å²) in [5.41, 5.74) is -0.673. The molecule has 1 aliphatic heterocycles. The SMILES string of the molecule is CC1CC2CC(C2)CC(C)C1N1C(=O)C(C)(C)N1C(=O)c1cc(F)ccc1Br. The highest BCUT2D eigenvalue weighted by molar-refractivity contribution is 9.10. The summed E-state index contributed by atoms with van der Waals surface area (Å²) in [7, 11) is 0. The molecule has 1 aromatic rings. The number of amides is 2. The normalized spacial score (nSPS) is 34.2. The predicted molar refractivity (Wildman–Crippen MR) is 109 cm³/mol. The molecular formula is C22H28BrFN2O2. The Morgan fingerprint density at radius 1 is 1.11 bits per heavy atom. The van der Waals surface area contributed by atoms with Gasteiger partial charge in [0.25, 0.3) is 11.8 Å². The Labute approximate surface area is 174 Å². The zero-order valence-electron chi connectivity index (χ0n) is 16.9. The molecule has 5 rings (SSSR count). The molecule has 4 aliphatic rings. The van der Waals surface area contributed by atoms with E-state index in [2.05, 4.69) is 29.8 Å². The molecule has 1 aromatic carbocycles. The zero-order chi connectivity index (χ0) is 20.4. The van der Waals surface area contributed by atoms with E-state index in [1.807, 2.05) is 0 Å². The lowest BCUT2D eigenvalue weighted by Gasteiger charge is -2.61. The van der Waals surface area contributed by atoms with Crippen molar-refractivity contribution in [2.75, 3.05) is 0 Å². The van der Waals surface area contributed by atoms with Gasteiger partial charge in [-0.3, -0.25) is 9.59 Å². The fourth-order valence-electron chi connectivity index (χ4n) is 5.71. The summed E-state index contributed by atoms with van der Waals surface area (Å²) in [6.07, 6.45) is 4.81. The quantitative estimate of drug-likeness (QED) is 0.633. The van der Waals surface area contributed by atoms with Gasteiger partial charge in [-0.15, -0.1) is 0 Å². The molecular weight excluding hydrogens is 423 g/mol. The first kappa shape index (κ1) is 19.9. The number of hydrazine groups is 1. The molecule has 152 valence electrons. The number of carbonyl (C=O) groups is 2. The largest absolute Gasteiger partial charge is 0.274 e. The highest BCUT2D eigenvalue weighted by Gasteiger charge is 2.59. The van der Waals surface area contributed by atoms with E-state index < -0.39 is 11.4 Å².